The highest BCUT2D eigenvalue weighted by molar-refractivity contribution is 14.1. The third kappa shape index (κ3) is 4.86. The molecule has 0 aliphatic rings. The van der Waals surface area contributed by atoms with Gasteiger partial charge in [0.15, 0.2) is 0 Å². The summed E-state index contributed by atoms with van der Waals surface area (Å²) < 4.78 is 98.9. The second kappa shape index (κ2) is 7.22. The zero-order valence-electron chi connectivity index (χ0n) is 12.1. The lowest BCUT2D eigenvalue weighted by atomic mass is 10.1. The van der Waals surface area contributed by atoms with E-state index in [1.807, 2.05) is 0 Å². The van der Waals surface area contributed by atoms with E-state index in [1.54, 1.807) is 35.6 Å². The summed E-state index contributed by atoms with van der Waals surface area (Å²) in [6, 6.07) is 4.42. The molecule has 0 saturated carbocycles. The summed E-state index contributed by atoms with van der Waals surface area (Å²) in [5.74, 6) is 0. The normalized spacial score (nSPS) is 14.5. The van der Waals surface area contributed by atoms with Crippen molar-refractivity contribution >= 4 is 38.3 Å². The van der Waals surface area contributed by atoms with Crippen LogP contribution in [-0.2, 0) is 21.5 Å². The molecule has 0 aromatic heterocycles. The molecule has 1 N–H and O–H groups in total. The molecule has 0 fully saturated rings. The van der Waals surface area contributed by atoms with Crippen molar-refractivity contribution in [2.75, 3.05) is 0 Å². The fourth-order valence-corrected chi connectivity index (χ4v) is 2.76. The van der Waals surface area contributed by atoms with Crippen molar-refractivity contribution < 1.29 is 39.7 Å². The Balaban J connectivity index is 3.09. The van der Waals surface area contributed by atoms with Crippen molar-refractivity contribution in [2.24, 2.45) is 0 Å². The molecule has 1 rings (SSSR count). The van der Waals surface area contributed by atoms with Crippen LogP contribution in [0.15, 0.2) is 24.8 Å². The predicted molar refractivity (Wildman–Crippen MR) is 85.0 cm³/mol. The fourth-order valence-electron chi connectivity index (χ4n) is 1.62. The predicted octanol–water partition coefficient (Wildman–Crippen LogP) is 4.25. The van der Waals surface area contributed by atoms with Gasteiger partial charge in [-0.1, -0.05) is 24.3 Å². The van der Waals surface area contributed by atoms with Gasteiger partial charge in [0.05, 0.1) is 6.61 Å². The maximum Gasteiger partial charge on any atom is 0.421 e. The van der Waals surface area contributed by atoms with Gasteiger partial charge in [0.1, 0.15) is 0 Å². The van der Waals surface area contributed by atoms with Gasteiger partial charge in [0, 0.05) is 3.57 Å². The molecule has 0 radical (unpaired) electrons. The molecular formula is C13H12F5IO4S. The van der Waals surface area contributed by atoms with Gasteiger partial charge in [0.2, 0.25) is 6.10 Å². The third-order valence-corrected chi connectivity index (χ3v) is 4.80. The number of hydrogen-bond acceptors (Lipinski definition) is 3. The van der Waals surface area contributed by atoms with E-state index < -0.39 is 34.3 Å². The second-order valence-corrected chi connectivity index (χ2v) is 7.51. The highest BCUT2D eigenvalue weighted by Crippen LogP contribution is 2.38. The van der Waals surface area contributed by atoms with Crippen molar-refractivity contribution in [3.63, 3.8) is 0 Å². The van der Waals surface area contributed by atoms with E-state index in [2.05, 4.69) is 11.3 Å². The molecule has 24 heavy (non-hydrogen) atoms. The van der Waals surface area contributed by atoms with Gasteiger partial charge in [-0.25, -0.2) is 0 Å². The molecule has 0 aliphatic carbocycles. The number of hydrogen-bond donors (Lipinski definition) is 1. The highest BCUT2D eigenvalue weighted by Gasteiger charge is 2.64. The molecule has 0 aliphatic heterocycles. The minimum atomic E-state index is -6.31. The summed E-state index contributed by atoms with van der Waals surface area (Å²) in [4.78, 5) is 0. The maximum absolute atomic E-state index is 13.4. The lowest BCUT2D eigenvalue weighted by molar-refractivity contribution is -0.268. The Kier molecular flexibility index (Phi) is 6.39. The SMILES string of the molecule is C=C(C)c1ccc(COC(C(F)(F)F)C(F)(F)S(=O)(=O)O)c(I)c1. The van der Waals surface area contributed by atoms with Gasteiger partial charge in [0.25, 0.3) is 0 Å². The van der Waals surface area contributed by atoms with Crippen molar-refractivity contribution in [1.82, 2.24) is 0 Å². The van der Waals surface area contributed by atoms with E-state index in [0.717, 1.165) is 0 Å². The topological polar surface area (TPSA) is 63.6 Å². The van der Waals surface area contributed by atoms with Crippen LogP contribution in [0.1, 0.15) is 18.1 Å². The summed E-state index contributed by atoms with van der Waals surface area (Å²) in [6.07, 6.45) is -9.71. The average molecular weight is 486 g/mol. The molecule has 0 spiro atoms. The molecule has 11 heteroatoms. The molecule has 0 bridgehead atoms. The summed E-state index contributed by atoms with van der Waals surface area (Å²) in [6.45, 7) is 4.46. The molecule has 0 heterocycles. The quantitative estimate of drug-likeness (QED) is 0.371. The first-order valence-electron chi connectivity index (χ1n) is 6.15. The van der Waals surface area contributed by atoms with Gasteiger partial charge in [-0.05, 0) is 46.7 Å². The van der Waals surface area contributed by atoms with Crippen molar-refractivity contribution in [3.8, 4) is 0 Å². The van der Waals surface area contributed by atoms with E-state index in [1.165, 1.54) is 12.1 Å². The van der Waals surface area contributed by atoms with Crippen LogP contribution in [0.4, 0.5) is 22.0 Å². The number of ether oxygens (including phenoxy) is 1. The first kappa shape index (κ1) is 21.3. The van der Waals surface area contributed by atoms with E-state index in [4.69, 9.17) is 4.55 Å². The molecule has 1 atom stereocenters. The molecule has 0 saturated heterocycles. The van der Waals surface area contributed by atoms with E-state index >= 15 is 0 Å². The van der Waals surface area contributed by atoms with E-state index in [0.29, 0.717) is 14.7 Å². The fraction of sp³-hybridized carbons (Fsp3) is 0.385. The Morgan fingerprint density at radius 3 is 2.25 bits per heavy atom. The molecular weight excluding hydrogens is 474 g/mol. The van der Waals surface area contributed by atoms with Crippen LogP contribution < -0.4 is 0 Å². The van der Waals surface area contributed by atoms with E-state index in [-0.39, 0.29) is 5.56 Å². The lowest BCUT2D eigenvalue weighted by Crippen LogP contribution is -2.51. The van der Waals surface area contributed by atoms with Crippen molar-refractivity contribution in [2.45, 2.75) is 31.1 Å². The monoisotopic (exact) mass is 486 g/mol. The van der Waals surface area contributed by atoms with Gasteiger partial charge in [-0.15, -0.1) is 0 Å². The molecule has 1 unspecified atom stereocenters. The average Bonchev–Trinajstić information content (AvgIpc) is 2.37. The van der Waals surface area contributed by atoms with Gasteiger partial charge in [-0.3, -0.25) is 4.55 Å². The van der Waals surface area contributed by atoms with Gasteiger partial charge in [-0.2, -0.15) is 30.4 Å². The largest absolute Gasteiger partial charge is 0.421 e. The first-order valence-corrected chi connectivity index (χ1v) is 8.67. The number of rotatable bonds is 6. The van der Waals surface area contributed by atoms with Crippen LogP contribution in [0.25, 0.3) is 5.57 Å². The minimum absolute atomic E-state index is 0.140. The standard InChI is InChI=1S/C13H12F5IO4S/c1-7(2)8-3-4-9(10(19)5-8)6-23-11(12(14,15)16)13(17,18)24(20,21)22/h3-5,11H,1,6H2,2H3,(H,20,21,22). The smallest absolute Gasteiger partial charge is 0.357 e. The summed E-state index contributed by atoms with van der Waals surface area (Å²) >= 11 is 1.77. The van der Waals surface area contributed by atoms with Crippen LogP contribution in [0.5, 0.6) is 0 Å². The Morgan fingerprint density at radius 2 is 1.88 bits per heavy atom. The Labute approximate surface area is 148 Å². The number of benzene rings is 1. The lowest BCUT2D eigenvalue weighted by Gasteiger charge is -2.26. The second-order valence-electron chi connectivity index (χ2n) is 4.86. The maximum atomic E-state index is 13.4. The van der Waals surface area contributed by atoms with Crippen molar-refractivity contribution in [3.05, 3.63) is 39.5 Å². The number of halogens is 6. The molecule has 136 valence electrons. The van der Waals surface area contributed by atoms with E-state index in [9.17, 15) is 30.4 Å². The minimum Gasteiger partial charge on any atom is -0.357 e. The summed E-state index contributed by atoms with van der Waals surface area (Å²) in [7, 11) is -6.31. The zero-order chi connectivity index (χ0) is 18.9. The first-order chi connectivity index (χ1) is 10.7. The molecule has 0 amide bonds. The van der Waals surface area contributed by atoms with Crippen LogP contribution in [-0.4, -0.2) is 30.5 Å². The zero-order valence-corrected chi connectivity index (χ0v) is 15.0. The third-order valence-electron chi connectivity index (χ3n) is 2.90. The van der Waals surface area contributed by atoms with Crippen molar-refractivity contribution in [1.29, 1.82) is 0 Å². The summed E-state index contributed by atoms with van der Waals surface area (Å²) in [5, 5.41) is -5.53. The van der Waals surface area contributed by atoms with Gasteiger partial charge < -0.3 is 4.74 Å². The summed E-state index contributed by atoms with van der Waals surface area (Å²) in [5.41, 5.74) is 1.52. The van der Waals surface area contributed by atoms with Crippen LogP contribution >= 0.6 is 22.6 Å². The number of alkyl halides is 5. The van der Waals surface area contributed by atoms with Gasteiger partial charge >= 0.3 is 21.5 Å². The Bertz CT molecular complexity index is 730. The molecule has 1 aromatic rings. The Morgan fingerprint density at radius 1 is 1.33 bits per heavy atom. The Hall–Kier alpha value is -0.790. The van der Waals surface area contributed by atoms with Crippen LogP contribution in [0, 0.1) is 3.57 Å². The molecule has 1 aromatic carbocycles. The van der Waals surface area contributed by atoms with Crippen LogP contribution in [0.3, 0.4) is 0 Å². The highest BCUT2D eigenvalue weighted by atomic mass is 127. The molecule has 4 nitrogen and oxygen atoms in total. The number of allylic oxidation sites excluding steroid dienone is 1. The van der Waals surface area contributed by atoms with Crippen LogP contribution in [0.2, 0.25) is 0 Å².